The fraction of sp³-hybridized carbons (Fsp3) is 0. The zero-order chi connectivity index (χ0) is 14.1. The molecule has 0 atom stereocenters. The van der Waals surface area contributed by atoms with Gasteiger partial charge in [-0.1, -0.05) is 18.2 Å². The molecule has 1 aromatic carbocycles. The minimum Gasteiger partial charge on any atom is -0.396 e. The van der Waals surface area contributed by atoms with Crippen LogP contribution in [0, 0.1) is 5.82 Å². The molecule has 2 heterocycles. The Balaban J connectivity index is 1.98. The van der Waals surface area contributed by atoms with E-state index in [1.54, 1.807) is 12.1 Å². The summed E-state index contributed by atoms with van der Waals surface area (Å²) in [4.78, 5) is 8.17. The van der Waals surface area contributed by atoms with Crippen LogP contribution >= 0.6 is 11.3 Å². The van der Waals surface area contributed by atoms with E-state index < -0.39 is 5.82 Å². The van der Waals surface area contributed by atoms with E-state index in [0.29, 0.717) is 5.82 Å². The van der Waals surface area contributed by atoms with Crippen molar-refractivity contribution in [1.29, 1.82) is 0 Å². The summed E-state index contributed by atoms with van der Waals surface area (Å²) in [7, 11) is 0. The maximum absolute atomic E-state index is 13.4. The molecule has 0 fully saturated rings. The zero-order valence-corrected chi connectivity index (χ0v) is 11.2. The highest BCUT2D eigenvalue weighted by Crippen LogP contribution is 2.28. The van der Waals surface area contributed by atoms with Crippen LogP contribution in [0.15, 0.2) is 29.9 Å². The van der Waals surface area contributed by atoms with Gasteiger partial charge in [0.2, 0.25) is 0 Å². The molecule has 0 aliphatic rings. The van der Waals surface area contributed by atoms with Gasteiger partial charge in [-0.25, -0.2) is 14.4 Å². The Hall–Kier alpha value is -2.47. The Bertz CT molecular complexity index is 810. The summed E-state index contributed by atoms with van der Waals surface area (Å²) in [5, 5.41) is 1.94. The number of anilines is 2. The second-order valence-corrected chi connectivity index (χ2v) is 5.12. The van der Waals surface area contributed by atoms with E-state index in [-0.39, 0.29) is 5.69 Å². The standard InChI is InChI=1S/C14H11FN4S/c15-10-5-8(2-4-11(10)16)1-3-9-6-20-13-12(9)18-7-19-14(13)17/h1-7H,16H2,(H2,17,18,19)/b3-1+. The molecule has 6 heteroatoms. The molecule has 2 aromatic heterocycles. The Morgan fingerprint density at radius 2 is 2.00 bits per heavy atom. The molecule has 0 aliphatic carbocycles. The van der Waals surface area contributed by atoms with E-state index in [1.165, 1.54) is 23.7 Å². The van der Waals surface area contributed by atoms with Gasteiger partial charge in [0.25, 0.3) is 0 Å². The lowest BCUT2D eigenvalue weighted by molar-refractivity contribution is 0.632. The highest BCUT2D eigenvalue weighted by Gasteiger charge is 2.06. The van der Waals surface area contributed by atoms with E-state index in [0.717, 1.165) is 21.3 Å². The summed E-state index contributed by atoms with van der Waals surface area (Å²) < 4.78 is 14.2. The van der Waals surface area contributed by atoms with Gasteiger partial charge in [0.15, 0.2) is 0 Å². The number of aromatic nitrogens is 2. The number of hydrogen-bond donors (Lipinski definition) is 2. The molecule has 0 spiro atoms. The van der Waals surface area contributed by atoms with Gasteiger partial charge in [-0.15, -0.1) is 11.3 Å². The lowest BCUT2D eigenvalue weighted by atomic mass is 10.1. The van der Waals surface area contributed by atoms with Crippen LogP contribution in [0.25, 0.3) is 22.4 Å². The minimum absolute atomic E-state index is 0.142. The van der Waals surface area contributed by atoms with Crippen molar-refractivity contribution in [2.75, 3.05) is 11.5 Å². The molecule has 0 saturated heterocycles. The molecule has 20 heavy (non-hydrogen) atoms. The average Bonchev–Trinajstić information content (AvgIpc) is 2.85. The van der Waals surface area contributed by atoms with Crippen LogP contribution < -0.4 is 11.5 Å². The molecule has 0 saturated carbocycles. The van der Waals surface area contributed by atoms with Crippen molar-refractivity contribution in [3.8, 4) is 0 Å². The summed E-state index contributed by atoms with van der Waals surface area (Å²) in [5.74, 6) is 0.0482. The van der Waals surface area contributed by atoms with Gasteiger partial charge < -0.3 is 11.5 Å². The SMILES string of the molecule is Nc1ccc(/C=C/c2csc3c(N)ncnc23)cc1F. The first-order valence-corrected chi connectivity index (χ1v) is 6.74. The fourth-order valence-electron chi connectivity index (χ4n) is 1.84. The molecule has 4 N–H and O–H groups in total. The first-order chi connectivity index (χ1) is 9.65. The van der Waals surface area contributed by atoms with Crippen molar-refractivity contribution in [2.24, 2.45) is 0 Å². The molecule has 100 valence electrons. The van der Waals surface area contributed by atoms with Crippen LogP contribution in [0.2, 0.25) is 0 Å². The second-order valence-electron chi connectivity index (χ2n) is 4.24. The molecule has 3 aromatic rings. The van der Waals surface area contributed by atoms with Crippen LogP contribution in [0.1, 0.15) is 11.1 Å². The highest BCUT2D eigenvalue weighted by molar-refractivity contribution is 7.18. The number of benzene rings is 1. The number of nitrogens with two attached hydrogens (primary N) is 2. The topological polar surface area (TPSA) is 77.8 Å². The number of fused-ring (bicyclic) bond motifs is 1. The third-order valence-corrected chi connectivity index (χ3v) is 3.90. The van der Waals surface area contributed by atoms with Crippen molar-refractivity contribution < 1.29 is 4.39 Å². The first-order valence-electron chi connectivity index (χ1n) is 5.86. The molecule has 0 unspecified atom stereocenters. The number of halogens is 1. The summed E-state index contributed by atoms with van der Waals surface area (Å²) in [6.45, 7) is 0. The second kappa shape index (κ2) is 4.90. The Morgan fingerprint density at radius 1 is 1.15 bits per heavy atom. The highest BCUT2D eigenvalue weighted by atomic mass is 32.1. The molecular formula is C14H11FN4S. The number of hydrogen-bond acceptors (Lipinski definition) is 5. The molecule has 0 aliphatic heterocycles. The van der Waals surface area contributed by atoms with E-state index in [2.05, 4.69) is 9.97 Å². The van der Waals surface area contributed by atoms with Gasteiger partial charge in [0.1, 0.15) is 18.0 Å². The van der Waals surface area contributed by atoms with Crippen LogP contribution in [-0.4, -0.2) is 9.97 Å². The smallest absolute Gasteiger partial charge is 0.146 e. The van der Waals surface area contributed by atoms with Crippen molar-refractivity contribution in [3.63, 3.8) is 0 Å². The monoisotopic (exact) mass is 286 g/mol. The summed E-state index contributed by atoms with van der Waals surface area (Å²) in [6.07, 6.45) is 5.11. The van der Waals surface area contributed by atoms with Gasteiger partial charge in [-0.05, 0) is 17.7 Å². The number of rotatable bonds is 2. The molecule has 0 radical (unpaired) electrons. The summed E-state index contributed by atoms with van der Waals surface area (Å²) in [5.41, 5.74) is 13.8. The molecule has 0 amide bonds. The van der Waals surface area contributed by atoms with Crippen molar-refractivity contribution in [1.82, 2.24) is 9.97 Å². The third-order valence-electron chi connectivity index (χ3n) is 2.89. The van der Waals surface area contributed by atoms with E-state index in [1.807, 2.05) is 17.5 Å². The lowest BCUT2D eigenvalue weighted by Crippen LogP contribution is -1.90. The van der Waals surface area contributed by atoms with E-state index in [4.69, 9.17) is 11.5 Å². The first kappa shape index (κ1) is 12.6. The molecular weight excluding hydrogens is 275 g/mol. The normalized spacial score (nSPS) is 11.4. The van der Waals surface area contributed by atoms with Crippen molar-refractivity contribution in [3.05, 3.63) is 46.9 Å². The Morgan fingerprint density at radius 3 is 2.80 bits per heavy atom. The van der Waals surface area contributed by atoms with Gasteiger partial charge in [-0.2, -0.15) is 0 Å². The quantitative estimate of drug-likeness (QED) is 0.709. The minimum atomic E-state index is -0.422. The third kappa shape index (κ3) is 2.21. The van der Waals surface area contributed by atoms with Gasteiger partial charge >= 0.3 is 0 Å². The maximum Gasteiger partial charge on any atom is 0.146 e. The number of nitrogen functional groups attached to an aromatic ring is 2. The number of nitrogens with zero attached hydrogens (tertiary/aromatic N) is 2. The molecule has 4 nitrogen and oxygen atoms in total. The van der Waals surface area contributed by atoms with Crippen LogP contribution in [-0.2, 0) is 0 Å². The molecule has 3 rings (SSSR count). The van der Waals surface area contributed by atoms with Crippen LogP contribution in [0.3, 0.4) is 0 Å². The van der Waals surface area contributed by atoms with Gasteiger partial charge in [-0.3, -0.25) is 0 Å². The lowest BCUT2D eigenvalue weighted by Gasteiger charge is -1.98. The van der Waals surface area contributed by atoms with E-state index in [9.17, 15) is 4.39 Å². The zero-order valence-electron chi connectivity index (χ0n) is 10.4. The fourth-order valence-corrected chi connectivity index (χ4v) is 2.73. The van der Waals surface area contributed by atoms with E-state index >= 15 is 0 Å². The predicted molar refractivity (Wildman–Crippen MR) is 81.6 cm³/mol. The number of thiophene rings is 1. The predicted octanol–water partition coefficient (Wildman–Crippen LogP) is 3.17. The Kier molecular flexibility index (Phi) is 3.08. The van der Waals surface area contributed by atoms with Crippen molar-refractivity contribution in [2.45, 2.75) is 0 Å². The summed E-state index contributed by atoms with van der Waals surface area (Å²) >= 11 is 1.49. The van der Waals surface area contributed by atoms with Gasteiger partial charge in [0.05, 0.1) is 15.9 Å². The molecule has 0 bridgehead atoms. The average molecular weight is 286 g/mol. The van der Waals surface area contributed by atoms with Crippen LogP contribution in [0.4, 0.5) is 15.9 Å². The van der Waals surface area contributed by atoms with Crippen molar-refractivity contribution >= 4 is 45.2 Å². The Labute approximate surface area is 118 Å². The summed E-state index contributed by atoms with van der Waals surface area (Å²) in [6, 6.07) is 4.69. The van der Waals surface area contributed by atoms with Crippen LogP contribution in [0.5, 0.6) is 0 Å². The van der Waals surface area contributed by atoms with Gasteiger partial charge in [0, 0.05) is 10.9 Å². The largest absolute Gasteiger partial charge is 0.396 e. The maximum atomic E-state index is 13.4.